The summed E-state index contributed by atoms with van der Waals surface area (Å²) in [5.74, 6) is -0.0961. The Morgan fingerprint density at radius 1 is 1.23 bits per heavy atom. The molecule has 9 heteroatoms. The minimum Gasteiger partial charge on any atom is -0.351 e. The van der Waals surface area contributed by atoms with E-state index >= 15 is 0 Å². The van der Waals surface area contributed by atoms with E-state index in [0.717, 1.165) is 27.6 Å². The first-order valence-electron chi connectivity index (χ1n) is 7.54. The number of hydrogen-bond acceptors (Lipinski definition) is 5. The molecule has 3 rings (SSSR count). The molecule has 4 nitrogen and oxygen atoms in total. The molecular weight excluding hydrogens is 383 g/mol. The molecule has 0 aliphatic heterocycles. The normalized spacial score (nSPS) is 11.4. The van der Waals surface area contributed by atoms with Crippen LogP contribution in [0.5, 0.6) is 0 Å². The third kappa shape index (κ3) is 4.61. The van der Waals surface area contributed by atoms with Crippen molar-refractivity contribution in [3.8, 4) is 10.6 Å². The van der Waals surface area contributed by atoms with Crippen LogP contribution in [0.3, 0.4) is 0 Å². The van der Waals surface area contributed by atoms with Gasteiger partial charge in [0.1, 0.15) is 0 Å². The van der Waals surface area contributed by atoms with Crippen molar-refractivity contribution in [2.75, 3.05) is 5.32 Å². The maximum atomic E-state index is 12.8. The van der Waals surface area contributed by atoms with E-state index in [0.29, 0.717) is 17.4 Å². The molecule has 1 aromatic carbocycles. The smallest absolute Gasteiger partial charge is 0.351 e. The van der Waals surface area contributed by atoms with Crippen LogP contribution < -0.4 is 10.6 Å². The van der Waals surface area contributed by atoms with Gasteiger partial charge in [-0.3, -0.25) is 4.79 Å². The molecule has 1 amide bonds. The molecule has 0 saturated heterocycles. The largest absolute Gasteiger partial charge is 0.416 e. The van der Waals surface area contributed by atoms with Crippen molar-refractivity contribution in [3.05, 3.63) is 52.2 Å². The Labute approximate surface area is 155 Å². The van der Waals surface area contributed by atoms with Gasteiger partial charge in [0.2, 0.25) is 5.91 Å². The molecule has 2 heterocycles. The van der Waals surface area contributed by atoms with Crippen LogP contribution in [0.4, 0.5) is 24.0 Å². The fourth-order valence-corrected chi connectivity index (χ4v) is 3.88. The third-order valence-corrected chi connectivity index (χ3v) is 5.24. The van der Waals surface area contributed by atoms with Gasteiger partial charge >= 0.3 is 6.18 Å². The maximum Gasteiger partial charge on any atom is 0.416 e. The first-order chi connectivity index (χ1) is 12.3. The summed E-state index contributed by atoms with van der Waals surface area (Å²) in [6, 6.07) is 8.82. The summed E-state index contributed by atoms with van der Waals surface area (Å²) in [6.45, 7) is 1.92. The van der Waals surface area contributed by atoms with Gasteiger partial charge in [-0.25, -0.2) is 4.98 Å². The lowest BCUT2D eigenvalue weighted by Gasteiger charge is -2.08. The number of carbonyl (C=O) groups excluding carboxylic acids is 1. The predicted octanol–water partition coefficient (Wildman–Crippen LogP) is 5.27. The first-order valence-corrected chi connectivity index (χ1v) is 9.24. The average molecular weight is 397 g/mol. The lowest BCUT2D eigenvalue weighted by molar-refractivity contribution is -0.137. The number of amides is 1. The van der Waals surface area contributed by atoms with Crippen LogP contribution in [-0.2, 0) is 17.5 Å². The summed E-state index contributed by atoms with van der Waals surface area (Å²) in [5.41, 5.74) is 0.363. The minimum absolute atomic E-state index is 0.0961. The van der Waals surface area contributed by atoms with Crippen molar-refractivity contribution in [2.45, 2.75) is 19.6 Å². The van der Waals surface area contributed by atoms with Crippen LogP contribution in [0.15, 0.2) is 41.8 Å². The van der Waals surface area contributed by atoms with Gasteiger partial charge in [-0.2, -0.15) is 13.2 Å². The van der Waals surface area contributed by atoms with E-state index in [1.165, 1.54) is 35.7 Å². The van der Waals surface area contributed by atoms with Crippen LogP contribution in [0.2, 0.25) is 0 Å². The molecule has 2 N–H and O–H groups in total. The number of rotatable bonds is 5. The van der Waals surface area contributed by atoms with Gasteiger partial charge in [-0.15, -0.1) is 22.7 Å². The SMILES string of the molecule is CC(=O)NCc1ccc(-c2csc(Nc3cccc(C(F)(F)F)c3)n2)s1. The third-order valence-electron chi connectivity index (χ3n) is 3.37. The second-order valence-corrected chi connectivity index (χ2v) is 7.44. The molecule has 0 bridgehead atoms. The van der Waals surface area contributed by atoms with E-state index in [1.807, 2.05) is 17.5 Å². The Bertz CT molecular complexity index is 918. The van der Waals surface area contributed by atoms with E-state index in [9.17, 15) is 18.0 Å². The topological polar surface area (TPSA) is 54.0 Å². The van der Waals surface area contributed by atoms with E-state index in [2.05, 4.69) is 15.6 Å². The Hall–Kier alpha value is -2.39. The number of anilines is 2. The highest BCUT2D eigenvalue weighted by Crippen LogP contribution is 2.34. The maximum absolute atomic E-state index is 12.8. The van der Waals surface area contributed by atoms with Crippen molar-refractivity contribution >= 4 is 39.4 Å². The number of halogens is 3. The van der Waals surface area contributed by atoms with Crippen LogP contribution in [0, 0.1) is 0 Å². The second kappa shape index (κ2) is 7.46. The number of hydrogen-bond donors (Lipinski definition) is 2. The molecule has 26 heavy (non-hydrogen) atoms. The lowest BCUT2D eigenvalue weighted by Crippen LogP contribution is -2.17. The summed E-state index contributed by atoms with van der Waals surface area (Å²) in [4.78, 5) is 17.3. The van der Waals surface area contributed by atoms with Crippen LogP contribution in [-0.4, -0.2) is 10.9 Å². The lowest BCUT2D eigenvalue weighted by atomic mass is 10.2. The van der Waals surface area contributed by atoms with E-state index in [4.69, 9.17) is 0 Å². The number of benzene rings is 1. The van der Waals surface area contributed by atoms with Crippen molar-refractivity contribution in [2.24, 2.45) is 0 Å². The highest BCUT2D eigenvalue weighted by Gasteiger charge is 2.30. The highest BCUT2D eigenvalue weighted by atomic mass is 32.1. The molecule has 0 radical (unpaired) electrons. The van der Waals surface area contributed by atoms with E-state index in [1.54, 1.807) is 6.07 Å². The molecule has 3 aromatic rings. The number of aromatic nitrogens is 1. The van der Waals surface area contributed by atoms with Crippen molar-refractivity contribution in [1.82, 2.24) is 10.3 Å². The monoisotopic (exact) mass is 397 g/mol. The minimum atomic E-state index is -4.38. The number of nitrogens with one attached hydrogen (secondary N) is 2. The number of thiazole rings is 1. The fraction of sp³-hybridized carbons (Fsp3) is 0.176. The van der Waals surface area contributed by atoms with Gasteiger partial charge in [0.05, 0.1) is 22.7 Å². The average Bonchev–Trinajstić information content (AvgIpc) is 3.21. The number of thiophene rings is 1. The second-order valence-electron chi connectivity index (χ2n) is 5.42. The standard InChI is InChI=1S/C17H14F3N3OS2/c1-10(24)21-8-13-5-6-15(26-13)14-9-25-16(23-14)22-12-4-2-3-11(7-12)17(18,19)20/h2-7,9H,8H2,1H3,(H,21,24)(H,22,23). The molecule has 0 aliphatic rings. The molecule has 0 aliphatic carbocycles. The Balaban J connectivity index is 1.71. The molecule has 0 saturated carbocycles. The Morgan fingerprint density at radius 3 is 2.77 bits per heavy atom. The summed E-state index contributed by atoms with van der Waals surface area (Å²) < 4.78 is 38.3. The number of alkyl halides is 3. The summed E-state index contributed by atoms with van der Waals surface area (Å²) in [5, 5.41) is 7.99. The Kier molecular flexibility index (Phi) is 5.28. The van der Waals surface area contributed by atoms with Gasteiger partial charge in [-0.1, -0.05) is 6.07 Å². The zero-order valence-corrected chi connectivity index (χ0v) is 15.2. The van der Waals surface area contributed by atoms with Gasteiger partial charge in [0.15, 0.2) is 5.13 Å². The van der Waals surface area contributed by atoms with Crippen molar-refractivity contribution in [1.29, 1.82) is 0 Å². The number of carbonyl (C=O) groups is 1. The van der Waals surface area contributed by atoms with Gasteiger partial charge in [0, 0.05) is 22.9 Å². The summed E-state index contributed by atoms with van der Waals surface area (Å²) in [7, 11) is 0. The van der Waals surface area contributed by atoms with Crippen LogP contribution in [0.25, 0.3) is 10.6 Å². The predicted molar refractivity (Wildman–Crippen MR) is 97.7 cm³/mol. The first kappa shape index (κ1) is 18.4. The quantitative estimate of drug-likeness (QED) is 0.617. The van der Waals surface area contributed by atoms with Gasteiger partial charge in [-0.05, 0) is 30.3 Å². The van der Waals surface area contributed by atoms with E-state index < -0.39 is 11.7 Å². The molecule has 0 spiro atoms. The van der Waals surface area contributed by atoms with Crippen molar-refractivity contribution in [3.63, 3.8) is 0 Å². The zero-order chi connectivity index (χ0) is 18.7. The fourth-order valence-electron chi connectivity index (χ4n) is 2.16. The molecule has 0 atom stereocenters. The number of nitrogens with zero attached hydrogens (tertiary/aromatic N) is 1. The van der Waals surface area contributed by atoms with Crippen LogP contribution in [0.1, 0.15) is 17.4 Å². The molecule has 0 unspecified atom stereocenters. The summed E-state index contributed by atoms with van der Waals surface area (Å²) in [6.07, 6.45) is -4.38. The molecular formula is C17H14F3N3OS2. The van der Waals surface area contributed by atoms with Crippen LogP contribution >= 0.6 is 22.7 Å². The molecule has 0 fully saturated rings. The van der Waals surface area contributed by atoms with Crippen molar-refractivity contribution < 1.29 is 18.0 Å². The van der Waals surface area contributed by atoms with Gasteiger partial charge in [0.25, 0.3) is 0 Å². The summed E-state index contributed by atoms with van der Waals surface area (Å²) >= 11 is 2.82. The zero-order valence-electron chi connectivity index (χ0n) is 13.6. The Morgan fingerprint density at radius 2 is 2.04 bits per heavy atom. The highest BCUT2D eigenvalue weighted by molar-refractivity contribution is 7.17. The molecule has 2 aromatic heterocycles. The van der Waals surface area contributed by atoms with E-state index in [-0.39, 0.29) is 5.91 Å². The molecule has 136 valence electrons. The van der Waals surface area contributed by atoms with Gasteiger partial charge < -0.3 is 10.6 Å².